The predicted molar refractivity (Wildman–Crippen MR) is 145 cm³/mol. The van der Waals surface area contributed by atoms with Crippen LogP contribution in [0.15, 0.2) is 60.9 Å². The molecule has 0 radical (unpaired) electrons. The second-order valence-corrected chi connectivity index (χ2v) is 10.6. The van der Waals surface area contributed by atoms with Crippen molar-refractivity contribution in [2.45, 2.75) is 51.6 Å². The smallest absolute Gasteiger partial charge is 0.124 e. The lowest BCUT2D eigenvalue weighted by Gasteiger charge is -2.10. The van der Waals surface area contributed by atoms with Gasteiger partial charge in [-0.05, 0) is 55.3 Å². The van der Waals surface area contributed by atoms with E-state index in [4.69, 9.17) is 9.97 Å². The van der Waals surface area contributed by atoms with Crippen LogP contribution in [-0.2, 0) is 6.54 Å². The zero-order valence-corrected chi connectivity index (χ0v) is 21.1. The number of hydrogen-bond acceptors (Lipinski definition) is 4. The molecule has 2 atom stereocenters. The monoisotopic (exact) mass is 480 g/mol. The summed E-state index contributed by atoms with van der Waals surface area (Å²) in [6, 6.07) is 17.7. The normalized spacial score (nSPS) is 18.5. The Balaban J connectivity index is 1.06. The Kier molecular flexibility index (Phi) is 6.71. The van der Waals surface area contributed by atoms with E-state index in [2.05, 4.69) is 76.1 Å². The first-order valence-electron chi connectivity index (χ1n) is 13.5. The largest absolute Gasteiger partial charge is 0.347 e. The third-order valence-corrected chi connectivity index (χ3v) is 7.53. The maximum atomic E-state index is 4.82. The number of aromatic nitrogens is 4. The number of benzene rings is 2. The van der Waals surface area contributed by atoms with Crippen LogP contribution in [0.2, 0.25) is 0 Å². The van der Waals surface area contributed by atoms with Crippen molar-refractivity contribution in [3.05, 3.63) is 72.6 Å². The number of aromatic amines is 2. The zero-order chi connectivity index (χ0) is 24.3. The molecule has 1 aliphatic carbocycles. The van der Waals surface area contributed by atoms with E-state index in [1.807, 2.05) is 12.4 Å². The molecule has 186 valence electrons. The molecule has 36 heavy (non-hydrogen) atoms. The molecule has 3 heterocycles. The van der Waals surface area contributed by atoms with E-state index in [0.717, 1.165) is 72.1 Å². The molecule has 2 fully saturated rings. The van der Waals surface area contributed by atoms with Crippen molar-refractivity contribution in [3.63, 3.8) is 0 Å². The van der Waals surface area contributed by atoms with Crippen LogP contribution < -0.4 is 10.6 Å². The molecule has 2 unspecified atom stereocenters. The van der Waals surface area contributed by atoms with Crippen LogP contribution in [-0.4, -0.2) is 33.0 Å². The van der Waals surface area contributed by atoms with Gasteiger partial charge in [0.15, 0.2) is 0 Å². The van der Waals surface area contributed by atoms with Crippen LogP contribution in [0.5, 0.6) is 0 Å². The Hall–Kier alpha value is -3.22. The molecule has 0 spiro atoms. The molecule has 2 aliphatic rings. The molecule has 6 nitrogen and oxygen atoms in total. The molecule has 6 rings (SSSR count). The lowest BCUT2D eigenvalue weighted by molar-refractivity contribution is 0.453. The summed E-state index contributed by atoms with van der Waals surface area (Å²) in [6.45, 7) is 5.26. The number of nitrogens with zero attached hydrogens (tertiary/aromatic N) is 2. The van der Waals surface area contributed by atoms with Crippen LogP contribution in [0.3, 0.4) is 0 Å². The van der Waals surface area contributed by atoms with Gasteiger partial charge in [-0.2, -0.15) is 0 Å². The van der Waals surface area contributed by atoms with E-state index in [1.165, 1.54) is 36.8 Å². The second kappa shape index (κ2) is 10.4. The average molecular weight is 481 g/mol. The van der Waals surface area contributed by atoms with Crippen molar-refractivity contribution in [3.8, 4) is 33.6 Å². The first-order valence-corrected chi connectivity index (χ1v) is 13.5. The molecule has 6 heteroatoms. The van der Waals surface area contributed by atoms with Gasteiger partial charge in [-0.3, -0.25) is 0 Å². The van der Waals surface area contributed by atoms with Crippen LogP contribution in [0.1, 0.15) is 56.7 Å². The van der Waals surface area contributed by atoms with Crippen molar-refractivity contribution < 1.29 is 0 Å². The lowest BCUT2D eigenvalue weighted by Crippen LogP contribution is -2.21. The Labute approximate surface area is 213 Å². The lowest BCUT2D eigenvalue weighted by atomic mass is 10.0. The van der Waals surface area contributed by atoms with E-state index in [1.54, 1.807) is 0 Å². The fourth-order valence-electron chi connectivity index (χ4n) is 5.29. The first-order chi connectivity index (χ1) is 17.7. The van der Waals surface area contributed by atoms with E-state index in [9.17, 15) is 0 Å². The minimum atomic E-state index is 0.360. The molecule has 4 aromatic rings. The predicted octanol–water partition coefficient (Wildman–Crippen LogP) is 6.08. The number of nitrogens with one attached hydrogen (secondary N) is 4. The van der Waals surface area contributed by atoms with Gasteiger partial charge in [-0.25, -0.2) is 9.97 Å². The van der Waals surface area contributed by atoms with Crippen molar-refractivity contribution in [1.82, 2.24) is 30.6 Å². The van der Waals surface area contributed by atoms with Crippen LogP contribution in [0.25, 0.3) is 33.6 Å². The SMILES string of the molecule is CC(CNCc1nc(-c2ccc(-c3ccc(-c4c[nH]c(C5CCCN5)n4)cc3)cc2)c[nH]1)CC1CC1. The topological polar surface area (TPSA) is 81.4 Å². The highest BCUT2D eigenvalue weighted by Crippen LogP contribution is 2.35. The molecular weight excluding hydrogens is 444 g/mol. The molecular formula is C30H36N6. The Morgan fingerprint density at radius 2 is 1.47 bits per heavy atom. The quantitative estimate of drug-likeness (QED) is 0.222. The summed E-state index contributed by atoms with van der Waals surface area (Å²) in [7, 11) is 0. The standard InChI is InChI=1S/C30H36N6/c1-20(15-21-4-5-21)16-31-19-29-33-17-27(35-29)24-10-6-22(7-11-24)23-8-12-25(13-9-23)28-18-34-30(36-28)26-3-2-14-32-26/h6-13,17-18,20-21,26,31-32H,2-5,14-16,19H2,1H3,(H,33,35)(H,34,36). The summed E-state index contributed by atoms with van der Waals surface area (Å²) in [6.07, 6.45) is 10.6. The fourth-order valence-corrected chi connectivity index (χ4v) is 5.29. The van der Waals surface area contributed by atoms with Crippen molar-refractivity contribution in [2.24, 2.45) is 11.8 Å². The van der Waals surface area contributed by atoms with Gasteiger partial charge in [0.05, 0.1) is 24.0 Å². The van der Waals surface area contributed by atoms with Gasteiger partial charge in [0.1, 0.15) is 11.6 Å². The highest BCUT2D eigenvalue weighted by atomic mass is 15.0. The summed E-state index contributed by atoms with van der Waals surface area (Å²) in [4.78, 5) is 16.3. The molecule has 1 saturated heterocycles. The molecule has 1 aliphatic heterocycles. The van der Waals surface area contributed by atoms with Crippen LogP contribution in [0.4, 0.5) is 0 Å². The van der Waals surface area contributed by atoms with Gasteiger partial charge in [-0.1, -0.05) is 68.3 Å². The first kappa shape index (κ1) is 23.2. The summed E-state index contributed by atoms with van der Waals surface area (Å²) < 4.78 is 0. The maximum Gasteiger partial charge on any atom is 0.124 e. The summed E-state index contributed by atoms with van der Waals surface area (Å²) in [5.74, 6) is 3.76. The molecule has 1 saturated carbocycles. The van der Waals surface area contributed by atoms with Crippen LogP contribution in [0, 0.1) is 11.8 Å². The zero-order valence-electron chi connectivity index (χ0n) is 21.1. The Morgan fingerprint density at radius 1 is 0.833 bits per heavy atom. The maximum absolute atomic E-state index is 4.82. The number of rotatable bonds is 10. The summed E-state index contributed by atoms with van der Waals surface area (Å²) in [5.41, 5.74) is 6.66. The number of H-pyrrole nitrogens is 2. The third-order valence-electron chi connectivity index (χ3n) is 7.53. The van der Waals surface area contributed by atoms with Crippen molar-refractivity contribution in [2.75, 3.05) is 13.1 Å². The van der Waals surface area contributed by atoms with Crippen molar-refractivity contribution in [1.29, 1.82) is 0 Å². The summed E-state index contributed by atoms with van der Waals surface area (Å²) >= 11 is 0. The molecule has 4 N–H and O–H groups in total. The molecule has 0 bridgehead atoms. The van der Waals surface area contributed by atoms with E-state index in [-0.39, 0.29) is 0 Å². The number of imidazole rings is 2. The van der Waals surface area contributed by atoms with E-state index < -0.39 is 0 Å². The Bertz CT molecular complexity index is 1260. The van der Waals surface area contributed by atoms with E-state index in [0.29, 0.717) is 6.04 Å². The highest BCUT2D eigenvalue weighted by Gasteiger charge is 2.23. The third kappa shape index (κ3) is 5.45. The van der Waals surface area contributed by atoms with E-state index >= 15 is 0 Å². The van der Waals surface area contributed by atoms with Gasteiger partial charge in [0, 0.05) is 23.5 Å². The van der Waals surface area contributed by atoms with Gasteiger partial charge >= 0.3 is 0 Å². The second-order valence-electron chi connectivity index (χ2n) is 10.6. The van der Waals surface area contributed by atoms with Crippen molar-refractivity contribution >= 4 is 0 Å². The Morgan fingerprint density at radius 3 is 2.11 bits per heavy atom. The fraction of sp³-hybridized carbons (Fsp3) is 0.400. The molecule has 0 amide bonds. The number of hydrogen-bond donors (Lipinski definition) is 4. The van der Waals surface area contributed by atoms with Gasteiger partial charge < -0.3 is 20.6 Å². The minimum absolute atomic E-state index is 0.360. The van der Waals surface area contributed by atoms with Gasteiger partial charge in [0.2, 0.25) is 0 Å². The average Bonchev–Trinajstić information content (AvgIpc) is 3.33. The highest BCUT2D eigenvalue weighted by molar-refractivity contribution is 5.71. The van der Waals surface area contributed by atoms with Gasteiger partial charge in [0.25, 0.3) is 0 Å². The minimum Gasteiger partial charge on any atom is -0.347 e. The summed E-state index contributed by atoms with van der Waals surface area (Å²) in [5, 5.41) is 7.06. The molecule has 2 aromatic heterocycles. The van der Waals surface area contributed by atoms with Gasteiger partial charge in [-0.15, -0.1) is 0 Å². The molecule has 2 aromatic carbocycles. The van der Waals surface area contributed by atoms with Crippen LogP contribution >= 0.6 is 0 Å².